The lowest BCUT2D eigenvalue weighted by Gasteiger charge is -2.37. The summed E-state index contributed by atoms with van der Waals surface area (Å²) in [5, 5.41) is 15.7. The van der Waals surface area contributed by atoms with Crippen LogP contribution in [0.5, 0.6) is 5.75 Å². The molecule has 1 saturated carbocycles. The number of methoxy groups -OCH3 is 1. The monoisotopic (exact) mass is 767 g/mol. The molecule has 1 fully saturated rings. The third-order valence-corrected chi connectivity index (χ3v) is 10.0. The molecule has 1 aromatic heterocycles. The van der Waals surface area contributed by atoms with Crippen LogP contribution >= 0.6 is 11.6 Å². The second kappa shape index (κ2) is 18.0. The van der Waals surface area contributed by atoms with E-state index < -0.39 is 35.6 Å². The lowest BCUT2D eigenvalue weighted by Crippen LogP contribution is -2.54. The lowest BCUT2D eigenvalue weighted by molar-refractivity contribution is -0.132. The predicted octanol–water partition coefficient (Wildman–Crippen LogP) is 8.01. The van der Waals surface area contributed by atoms with Gasteiger partial charge in [-0.15, -0.1) is 0 Å². The number of nitrogens with zero attached hydrogens (tertiary/aromatic N) is 2. The van der Waals surface area contributed by atoms with Crippen LogP contribution in [-0.4, -0.2) is 53.6 Å². The van der Waals surface area contributed by atoms with Gasteiger partial charge in [0.05, 0.1) is 47.5 Å². The second-order valence-corrected chi connectivity index (χ2v) is 15.5. The Bertz CT molecular complexity index is 2010. The third-order valence-electron chi connectivity index (χ3n) is 9.70. The van der Waals surface area contributed by atoms with E-state index in [1.165, 1.54) is 17.6 Å². The van der Waals surface area contributed by atoms with Gasteiger partial charge in [0.15, 0.2) is 0 Å². The Balaban J connectivity index is 1.39. The fourth-order valence-electron chi connectivity index (χ4n) is 6.69. The van der Waals surface area contributed by atoms with Crippen LogP contribution in [0.4, 0.5) is 4.79 Å². The van der Waals surface area contributed by atoms with Crippen LogP contribution < -0.4 is 21.1 Å². The number of imide groups is 1. The largest absolute Gasteiger partial charge is 0.496 e. The van der Waals surface area contributed by atoms with E-state index in [0.29, 0.717) is 60.6 Å². The quantitative estimate of drug-likeness (QED) is 0.130. The SMILES string of the molecule is COc1cc(Cl)c(C(=O)N(C(=O)[C@H](N)Cc2ccc(C#N)cc2)[C@H]2CC[C@H](NC(=O)OC(C)(C)C)CC2)cc1-c1ccc(CN[C@H](C)c2ccc(C)cc2)o1. The molecule has 5 rings (SSSR count). The van der Waals surface area contributed by atoms with Crippen LogP contribution in [0.15, 0.2) is 77.2 Å². The summed E-state index contributed by atoms with van der Waals surface area (Å²) in [5.74, 6) is 0.388. The molecule has 4 N–H and O–H groups in total. The maximum Gasteiger partial charge on any atom is 0.407 e. The Hall–Kier alpha value is -5.15. The maximum absolute atomic E-state index is 14.6. The van der Waals surface area contributed by atoms with Crippen LogP contribution in [-0.2, 0) is 22.5 Å². The predicted molar refractivity (Wildman–Crippen MR) is 212 cm³/mol. The van der Waals surface area contributed by atoms with Gasteiger partial charge in [-0.3, -0.25) is 14.5 Å². The molecule has 0 bridgehead atoms. The van der Waals surface area contributed by atoms with E-state index in [4.69, 9.17) is 31.2 Å². The van der Waals surface area contributed by atoms with Gasteiger partial charge in [0.25, 0.3) is 5.91 Å². The number of rotatable bonds is 12. The van der Waals surface area contributed by atoms with Crippen LogP contribution in [0.25, 0.3) is 11.3 Å². The molecule has 290 valence electrons. The van der Waals surface area contributed by atoms with Gasteiger partial charge in [-0.2, -0.15) is 5.26 Å². The van der Waals surface area contributed by atoms with Crippen molar-refractivity contribution in [2.45, 2.75) is 103 Å². The normalized spacial score (nSPS) is 16.7. The molecule has 0 saturated heterocycles. The van der Waals surface area contributed by atoms with Crippen molar-refractivity contribution in [2.75, 3.05) is 7.11 Å². The molecule has 4 aromatic rings. The van der Waals surface area contributed by atoms with Crippen molar-refractivity contribution in [3.05, 3.63) is 111 Å². The molecular weight excluding hydrogens is 718 g/mol. The van der Waals surface area contributed by atoms with Gasteiger partial charge in [-0.1, -0.05) is 53.6 Å². The molecule has 11 nitrogen and oxygen atoms in total. The average molecular weight is 768 g/mol. The number of nitrogens with one attached hydrogen (secondary N) is 2. The van der Waals surface area contributed by atoms with Gasteiger partial charge < -0.3 is 30.3 Å². The first kappa shape index (κ1) is 41.0. The summed E-state index contributed by atoms with van der Waals surface area (Å²) < 4.78 is 17.4. The minimum absolute atomic E-state index is 0.0819. The highest BCUT2D eigenvalue weighted by atomic mass is 35.5. The molecular formula is C43H50ClN5O6. The number of carbonyl (C=O) groups is 3. The van der Waals surface area contributed by atoms with E-state index in [-0.39, 0.29) is 29.1 Å². The number of nitrogens with two attached hydrogens (primary N) is 1. The van der Waals surface area contributed by atoms with E-state index in [9.17, 15) is 19.6 Å². The number of ether oxygens (including phenoxy) is 2. The molecule has 0 spiro atoms. The van der Waals surface area contributed by atoms with Crippen molar-refractivity contribution >= 4 is 29.5 Å². The maximum atomic E-state index is 14.6. The number of halogens is 1. The van der Waals surface area contributed by atoms with Crippen molar-refractivity contribution in [1.29, 1.82) is 5.26 Å². The summed E-state index contributed by atoms with van der Waals surface area (Å²) >= 11 is 6.78. The van der Waals surface area contributed by atoms with Crippen molar-refractivity contribution in [1.82, 2.24) is 15.5 Å². The Kier molecular flexibility index (Phi) is 13.4. The van der Waals surface area contributed by atoms with Crippen LogP contribution in [0.1, 0.15) is 97.8 Å². The first-order valence-electron chi connectivity index (χ1n) is 18.5. The number of furan rings is 1. The molecule has 1 aliphatic carbocycles. The fraction of sp³-hybridized carbons (Fsp3) is 0.395. The summed E-state index contributed by atoms with van der Waals surface area (Å²) in [5.41, 5.74) is 10.1. The summed E-state index contributed by atoms with van der Waals surface area (Å²) in [6.45, 7) is 9.99. The zero-order chi connectivity index (χ0) is 39.9. The molecule has 12 heteroatoms. The van der Waals surface area contributed by atoms with E-state index in [1.807, 2.05) is 12.1 Å². The van der Waals surface area contributed by atoms with Crippen LogP contribution in [0, 0.1) is 18.3 Å². The number of hydrogen-bond donors (Lipinski definition) is 3. The second-order valence-electron chi connectivity index (χ2n) is 15.1. The molecule has 0 aliphatic heterocycles. The van der Waals surface area contributed by atoms with Gasteiger partial charge >= 0.3 is 6.09 Å². The molecule has 55 heavy (non-hydrogen) atoms. The van der Waals surface area contributed by atoms with E-state index in [0.717, 1.165) is 11.1 Å². The first-order chi connectivity index (χ1) is 26.1. The number of nitriles is 1. The Morgan fingerprint density at radius 2 is 1.69 bits per heavy atom. The highest BCUT2D eigenvalue weighted by Gasteiger charge is 2.38. The van der Waals surface area contributed by atoms with E-state index >= 15 is 0 Å². The van der Waals surface area contributed by atoms with Gasteiger partial charge in [0, 0.05) is 24.2 Å². The lowest BCUT2D eigenvalue weighted by atomic mass is 9.89. The number of alkyl carbamates (subject to hydrolysis) is 1. The average Bonchev–Trinajstić information content (AvgIpc) is 3.63. The minimum atomic E-state index is -1.06. The summed E-state index contributed by atoms with van der Waals surface area (Å²) in [7, 11) is 1.51. The zero-order valence-electron chi connectivity index (χ0n) is 32.3. The highest BCUT2D eigenvalue weighted by molar-refractivity contribution is 6.34. The molecule has 3 aromatic carbocycles. The molecule has 3 amide bonds. The Labute approximate surface area is 328 Å². The fourth-order valence-corrected chi connectivity index (χ4v) is 6.92. The molecule has 0 radical (unpaired) electrons. The molecule has 1 heterocycles. The molecule has 1 aliphatic rings. The standard InChI is InChI=1S/C43H50ClN5O6/c1-26-7-13-30(14-8-26)27(2)47-25-33-19-20-38(54-33)35-22-34(36(44)23-39(35)53-6)40(50)49(41(51)37(46)21-28-9-11-29(24-45)12-10-28)32-17-15-31(16-18-32)48-42(52)55-43(3,4)5/h7-14,19-20,22-23,27,31-32,37,47H,15-18,21,25,46H2,1-6H3,(H,48,52)/t27-,31-,32-,37-/m1/s1. The Morgan fingerprint density at radius 3 is 2.31 bits per heavy atom. The van der Waals surface area contributed by atoms with Crippen molar-refractivity contribution in [3.63, 3.8) is 0 Å². The summed E-state index contributed by atoms with van der Waals surface area (Å²) in [6, 6.07) is 22.4. The topological polar surface area (TPSA) is 160 Å². The zero-order valence-corrected chi connectivity index (χ0v) is 33.0. The van der Waals surface area contributed by atoms with Crippen LogP contribution in [0.3, 0.4) is 0 Å². The van der Waals surface area contributed by atoms with Gasteiger partial charge in [-0.05, 0) is 108 Å². The van der Waals surface area contributed by atoms with Gasteiger partial charge in [-0.25, -0.2) is 4.79 Å². The number of amides is 3. The number of benzene rings is 3. The number of aryl methyl sites for hydroxylation is 1. The summed E-state index contributed by atoms with van der Waals surface area (Å²) in [6.07, 6.45) is 1.52. The van der Waals surface area contributed by atoms with Gasteiger partial charge in [0.2, 0.25) is 5.91 Å². The van der Waals surface area contributed by atoms with Crippen molar-refractivity contribution < 1.29 is 28.3 Å². The minimum Gasteiger partial charge on any atom is -0.496 e. The Morgan fingerprint density at radius 1 is 1.02 bits per heavy atom. The third kappa shape index (κ3) is 10.8. The molecule has 2 atom stereocenters. The number of hydrogen-bond acceptors (Lipinski definition) is 9. The summed E-state index contributed by atoms with van der Waals surface area (Å²) in [4.78, 5) is 42.7. The van der Waals surface area contributed by atoms with Gasteiger partial charge in [0.1, 0.15) is 22.9 Å². The van der Waals surface area contributed by atoms with Crippen LogP contribution in [0.2, 0.25) is 5.02 Å². The van der Waals surface area contributed by atoms with Crippen molar-refractivity contribution in [3.8, 4) is 23.1 Å². The highest BCUT2D eigenvalue weighted by Crippen LogP contribution is 2.37. The number of carbonyl (C=O) groups excluding carboxylic acids is 3. The smallest absolute Gasteiger partial charge is 0.407 e. The first-order valence-corrected chi connectivity index (χ1v) is 18.9. The van der Waals surface area contributed by atoms with E-state index in [2.05, 4.69) is 54.8 Å². The van der Waals surface area contributed by atoms with E-state index in [1.54, 1.807) is 57.2 Å². The molecule has 0 unspecified atom stereocenters. The van der Waals surface area contributed by atoms with Crippen molar-refractivity contribution in [2.24, 2.45) is 5.73 Å².